The van der Waals surface area contributed by atoms with Crippen molar-refractivity contribution in [3.05, 3.63) is 41.9 Å². The smallest absolute Gasteiger partial charge is 0.242 e. The number of hydrogen-bond donors (Lipinski definition) is 0. The number of amides is 1. The number of aryl methyl sites for hydroxylation is 1. The lowest BCUT2D eigenvalue weighted by Gasteiger charge is -2.27. The Kier molecular flexibility index (Phi) is 4.98. The van der Waals surface area contributed by atoms with E-state index >= 15 is 0 Å². The summed E-state index contributed by atoms with van der Waals surface area (Å²) in [6.07, 6.45) is 7.40. The first-order chi connectivity index (χ1) is 12.1. The molecule has 0 bridgehead atoms. The summed E-state index contributed by atoms with van der Waals surface area (Å²) in [6, 6.07) is 5.71. The first-order valence-electron chi connectivity index (χ1n) is 8.42. The van der Waals surface area contributed by atoms with Crippen LogP contribution in [0.4, 0.5) is 5.82 Å². The zero-order valence-corrected chi connectivity index (χ0v) is 14.6. The van der Waals surface area contributed by atoms with E-state index in [-0.39, 0.29) is 18.5 Å². The predicted molar refractivity (Wildman–Crippen MR) is 93.9 cm³/mol. The zero-order valence-electron chi connectivity index (χ0n) is 14.6. The van der Waals surface area contributed by atoms with Crippen LogP contribution < -0.4 is 4.90 Å². The SMILES string of the molecule is Cc1cnn(CC2CCCN2C(=O)CN(C)c2ccc(C#N)cn2)c1. The largest absolute Gasteiger partial charge is 0.350 e. The van der Waals surface area contributed by atoms with Gasteiger partial charge in [-0.3, -0.25) is 9.48 Å². The molecule has 130 valence electrons. The maximum absolute atomic E-state index is 12.7. The van der Waals surface area contributed by atoms with Gasteiger partial charge < -0.3 is 9.80 Å². The van der Waals surface area contributed by atoms with Crippen LogP contribution in [0.15, 0.2) is 30.7 Å². The lowest BCUT2D eigenvalue weighted by molar-refractivity contribution is -0.130. The van der Waals surface area contributed by atoms with E-state index < -0.39 is 0 Å². The molecule has 2 aromatic rings. The minimum atomic E-state index is 0.0973. The van der Waals surface area contributed by atoms with E-state index in [2.05, 4.69) is 10.1 Å². The summed E-state index contributed by atoms with van der Waals surface area (Å²) < 4.78 is 1.91. The normalized spacial score (nSPS) is 16.7. The Labute approximate surface area is 147 Å². The van der Waals surface area contributed by atoms with Gasteiger partial charge in [-0.15, -0.1) is 0 Å². The Morgan fingerprint density at radius 1 is 1.44 bits per heavy atom. The molecule has 7 heteroatoms. The van der Waals surface area contributed by atoms with Crippen LogP contribution in [0.3, 0.4) is 0 Å². The molecule has 1 aliphatic heterocycles. The highest BCUT2D eigenvalue weighted by molar-refractivity contribution is 5.81. The third-order valence-electron chi connectivity index (χ3n) is 4.50. The summed E-state index contributed by atoms with van der Waals surface area (Å²) >= 11 is 0. The Balaban J connectivity index is 1.61. The van der Waals surface area contributed by atoms with Gasteiger partial charge in [-0.1, -0.05) is 0 Å². The van der Waals surface area contributed by atoms with Gasteiger partial charge in [-0.05, 0) is 37.5 Å². The van der Waals surface area contributed by atoms with Crippen molar-refractivity contribution in [3.63, 3.8) is 0 Å². The van der Waals surface area contributed by atoms with Gasteiger partial charge in [-0.2, -0.15) is 10.4 Å². The first kappa shape index (κ1) is 17.0. The van der Waals surface area contributed by atoms with E-state index in [1.54, 1.807) is 12.1 Å². The van der Waals surface area contributed by atoms with Crippen molar-refractivity contribution in [3.8, 4) is 6.07 Å². The van der Waals surface area contributed by atoms with Gasteiger partial charge in [0, 0.05) is 26.0 Å². The molecule has 0 saturated carbocycles. The van der Waals surface area contributed by atoms with Crippen molar-refractivity contribution < 1.29 is 4.79 Å². The molecule has 0 N–H and O–H groups in total. The number of nitriles is 1. The fraction of sp³-hybridized carbons (Fsp3) is 0.444. The van der Waals surface area contributed by atoms with Crippen molar-refractivity contribution in [1.29, 1.82) is 5.26 Å². The Morgan fingerprint density at radius 2 is 2.28 bits per heavy atom. The molecule has 1 atom stereocenters. The van der Waals surface area contributed by atoms with Crippen LogP contribution in [-0.4, -0.2) is 51.8 Å². The van der Waals surface area contributed by atoms with E-state index in [0.29, 0.717) is 11.4 Å². The molecular weight excluding hydrogens is 316 g/mol. The first-order valence-corrected chi connectivity index (χ1v) is 8.42. The molecule has 3 heterocycles. The van der Waals surface area contributed by atoms with Crippen molar-refractivity contribution in [2.75, 3.05) is 25.0 Å². The molecule has 1 saturated heterocycles. The number of aromatic nitrogens is 3. The number of hydrogen-bond acceptors (Lipinski definition) is 5. The summed E-state index contributed by atoms with van der Waals surface area (Å²) in [5, 5.41) is 13.2. The van der Waals surface area contributed by atoms with Crippen LogP contribution >= 0.6 is 0 Å². The molecule has 0 spiro atoms. The number of anilines is 1. The second kappa shape index (κ2) is 7.34. The second-order valence-corrected chi connectivity index (χ2v) is 6.50. The van der Waals surface area contributed by atoms with Crippen molar-refractivity contribution in [1.82, 2.24) is 19.7 Å². The van der Waals surface area contributed by atoms with Crippen LogP contribution in [0.2, 0.25) is 0 Å². The van der Waals surface area contributed by atoms with Crippen molar-refractivity contribution in [2.45, 2.75) is 32.4 Å². The number of carbonyl (C=O) groups excluding carboxylic acids is 1. The van der Waals surface area contributed by atoms with E-state index in [1.807, 2.05) is 46.9 Å². The third-order valence-corrected chi connectivity index (χ3v) is 4.50. The summed E-state index contributed by atoms with van der Waals surface area (Å²) in [5.74, 6) is 0.783. The van der Waals surface area contributed by atoms with Crippen LogP contribution in [0, 0.1) is 18.3 Å². The lowest BCUT2D eigenvalue weighted by Crippen LogP contribution is -2.43. The Hall–Kier alpha value is -2.88. The van der Waals surface area contributed by atoms with Crippen molar-refractivity contribution in [2.24, 2.45) is 0 Å². The maximum Gasteiger partial charge on any atom is 0.242 e. The number of pyridine rings is 1. The summed E-state index contributed by atoms with van der Waals surface area (Å²) in [4.78, 5) is 20.7. The van der Waals surface area contributed by atoms with E-state index in [4.69, 9.17) is 5.26 Å². The van der Waals surface area contributed by atoms with E-state index in [0.717, 1.165) is 31.5 Å². The van der Waals surface area contributed by atoms with Gasteiger partial charge in [-0.25, -0.2) is 4.98 Å². The number of carbonyl (C=O) groups is 1. The molecule has 1 fully saturated rings. The summed E-state index contributed by atoms with van der Waals surface area (Å²) in [6.45, 7) is 3.81. The topological polar surface area (TPSA) is 78.0 Å². The molecule has 0 aromatic carbocycles. The standard InChI is InChI=1S/C18H22N6O/c1-14-9-21-23(11-14)12-16-4-3-7-24(16)18(25)13-22(2)17-6-5-15(8-19)10-20-17/h5-6,9-11,16H,3-4,7,12-13H2,1-2H3. The monoisotopic (exact) mass is 338 g/mol. The molecule has 0 radical (unpaired) electrons. The number of likely N-dealkylation sites (N-methyl/N-ethyl adjacent to an activating group) is 1. The predicted octanol–water partition coefficient (Wildman–Crippen LogP) is 1.59. The molecule has 7 nitrogen and oxygen atoms in total. The van der Waals surface area contributed by atoms with Crippen molar-refractivity contribution >= 4 is 11.7 Å². The maximum atomic E-state index is 12.7. The molecule has 3 rings (SSSR count). The number of nitrogens with zero attached hydrogens (tertiary/aromatic N) is 6. The molecular formula is C18H22N6O. The number of rotatable bonds is 5. The van der Waals surface area contributed by atoms with Gasteiger partial charge in [0.25, 0.3) is 0 Å². The van der Waals surface area contributed by atoms with E-state index in [1.165, 1.54) is 6.20 Å². The fourth-order valence-corrected chi connectivity index (χ4v) is 3.19. The minimum Gasteiger partial charge on any atom is -0.350 e. The summed E-state index contributed by atoms with van der Waals surface area (Å²) in [5.41, 5.74) is 1.64. The highest BCUT2D eigenvalue weighted by atomic mass is 16.2. The minimum absolute atomic E-state index is 0.0973. The molecule has 1 amide bonds. The number of likely N-dealkylation sites (tertiary alicyclic amines) is 1. The van der Waals surface area contributed by atoms with Crippen LogP contribution in [0.25, 0.3) is 0 Å². The molecule has 2 aromatic heterocycles. The average Bonchev–Trinajstić information content (AvgIpc) is 3.24. The molecule has 1 unspecified atom stereocenters. The lowest BCUT2D eigenvalue weighted by atomic mass is 10.2. The van der Waals surface area contributed by atoms with Gasteiger partial charge >= 0.3 is 0 Å². The molecule has 25 heavy (non-hydrogen) atoms. The molecule has 0 aliphatic carbocycles. The fourth-order valence-electron chi connectivity index (χ4n) is 3.19. The highest BCUT2D eigenvalue weighted by Crippen LogP contribution is 2.20. The van der Waals surface area contributed by atoms with Gasteiger partial charge in [0.1, 0.15) is 11.9 Å². The highest BCUT2D eigenvalue weighted by Gasteiger charge is 2.29. The van der Waals surface area contributed by atoms with E-state index in [9.17, 15) is 4.79 Å². The Morgan fingerprint density at radius 3 is 2.92 bits per heavy atom. The zero-order chi connectivity index (χ0) is 17.8. The van der Waals surface area contributed by atoms with Gasteiger partial charge in [0.2, 0.25) is 5.91 Å². The van der Waals surface area contributed by atoms with Crippen LogP contribution in [0.5, 0.6) is 0 Å². The van der Waals surface area contributed by atoms with Crippen LogP contribution in [-0.2, 0) is 11.3 Å². The molecule has 1 aliphatic rings. The quantitative estimate of drug-likeness (QED) is 0.827. The second-order valence-electron chi connectivity index (χ2n) is 6.50. The van der Waals surface area contributed by atoms with Gasteiger partial charge in [0.15, 0.2) is 0 Å². The summed E-state index contributed by atoms with van der Waals surface area (Å²) in [7, 11) is 1.84. The van der Waals surface area contributed by atoms with Crippen LogP contribution in [0.1, 0.15) is 24.0 Å². The average molecular weight is 338 g/mol. The Bertz CT molecular complexity index is 776. The van der Waals surface area contributed by atoms with Gasteiger partial charge in [0.05, 0.1) is 30.9 Å². The third kappa shape index (κ3) is 3.97.